The molecule has 10 heavy (non-hydrogen) atoms. The zero-order valence-corrected chi connectivity index (χ0v) is 6.58. The summed E-state index contributed by atoms with van der Waals surface area (Å²) in [5, 5.41) is 0. The molecule has 1 fully saturated rings. The average molecular weight is 172 g/mol. The van der Waals surface area contributed by atoms with Gasteiger partial charge in [0.25, 0.3) is 0 Å². The molecule has 1 rings (SSSR count). The quantitative estimate of drug-likeness (QED) is 0.477. The van der Waals surface area contributed by atoms with Crippen LogP contribution in [-0.2, 0) is 29.6 Å². The van der Waals surface area contributed by atoms with Crippen LogP contribution in [0.2, 0.25) is 0 Å². The third kappa shape index (κ3) is 1.36. The number of hydrogen-bond acceptors (Lipinski definition) is 3. The zero-order valence-electron chi connectivity index (χ0n) is 4.94. The lowest BCUT2D eigenvalue weighted by Crippen LogP contribution is -2.17. The van der Waals surface area contributed by atoms with Gasteiger partial charge in [-0.1, -0.05) is 11.8 Å². The highest BCUT2D eigenvalue weighted by molar-refractivity contribution is 8.23. The lowest BCUT2D eigenvalue weighted by molar-refractivity contribution is 0.251. The largest absolute Gasteiger partial charge is 0.270 e. The van der Waals surface area contributed by atoms with Crippen molar-refractivity contribution in [1.29, 1.82) is 0 Å². The van der Waals surface area contributed by atoms with E-state index in [9.17, 15) is 0 Å². The van der Waals surface area contributed by atoms with E-state index in [4.69, 9.17) is 21.2 Å². The first kappa shape index (κ1) is 7.71. The van der Waals surface area contributed by atoms with Crippen LogP contribution < -0.4 is 0 Å². The number of rotatable bonds is 0. The summed E-state index contributed by atoms with van der Waals surface area (Å²) >= 11 is 4.68. The zero-order chi connectivity index (χ0) is 7.56. The van der Waals surface area contributed by atoms with Crippen LogP contribution in [0.5, 0.6) is 0 Å². The fourth-order valence-electron chi connectivity index (χ4n) is 0.523. The molecule has 2 unspecified atom stereocenters. The molecule has 0 aromatic carbocycles. The van der Waals surface area contributed by atoms with Crippen molar-refractivity contribution in [3.05, 3.63) is 0 Å². The maximum absolute atomic E-state index is 5.07. The molecule has 0 aromatic rings. The van der Waals surface area contributed by atoms with Crippen LogP contribution in [0, 0.1) is 24.7 Å². The maximum Gasteiger partial charge on any atom is 0.173 e. The van der Waals surface area contributed by atoms with E-state index in [1.165, 1.54) is 0 Å². The highest BCUT2D eigenvalue weighted by Gasteiger charge is 2.29. The maximum atomic E-state index is 5.07. The van der Waals surface area contributed by atoms with Gasteiger partial charge >= 0.3 is 0 Å². The molecule has 1 aliphatic heterocycles. The molecule has 0 amide bonds. The van der Waals surface area contributed by atoms with E-state index in [-0.39, 0.29) is 0 Å². The first-order valence-corrected chi connectivity index (χ1v) is 4.46. The smallest absolute Gasteiger partial charge is 0.173 e. The van der Waals surface area contributed by atoms with Crippen molar-refractivity contribution < 1.29 is 8.37 Å². The SMILES string of the molecule is C#CC1OS(=S)OC1C#C. The standard InChI is InChI=1S/C6H4O2S2/c1-3-5-6(4-2)8-10(9)7-5/h1-2,5-6H. The van der Waals surface area contributed by atoms with E-state index >= 15 is 0 Å². The molecule has 0 spiro atoms. The number of terminal acetylenes is 2. The highest BCUT2D eigenvalue weighted by atomic mass is 32.8. The summed E-state index contributed by atoms with van der Waals surface area (Å²) in [6.07, 6.45) is 9.21. The Bertz CT molecular complexity index is 211. The van der Waals surface area contributed by atoms with Crippen LogP contribution in [0.3, 0.4) is 0 Å². The van der Waals surface area contributed by atoms with Crippen molar-refractivity contribution in [2.24, 2.45) is 0 Å². The first-order valence-electron chi connectivity index (χ1n) is 2.46. The minimum absolute atomic E-state index is 0.467. The molecule has 2 nitrogen and oxygen atoms in total. The van der Waals surface area contributed by atoms with Gasteiger partial charge in [-0.3, -0.25) is 8.37 Å². The average Bonchev–Trinajstić information content (AvgIpc) is 2.30. The normalized spacial score (nSPS) is 38.4. The van der Waals surface area contributed by atoms with Crippen LogP contribution in [0.1, 0.15) is 0 Å². The summed E-state index contributed by atoms with van der Waals surface area (Å²) in [6, 6.07) is 0. The second-order valence-corrected chi connectivity index (χ2v) is 3.18. The fraction of sp³-hybridized carbons (Fsp3) is 0.333. The molecule has 4 heteroatoms. The minimum atomic E-state index is -0.934. The lowest BCUT2D eigenvalue weighted by atomic mass is 10.2. The molecule has 0 saturated carbocycles. The molecule has 1 saturated heterocycles. The van der Waals surface area contributed by atoms with Crippen molar-refractivity contribution in [2.45, 2.75) is 12.2 Å². The molecule has 0 aliphatic carbocycles. The summed E-state index contributed by atoms with van der Waals surface area (Å²) in [5.74, 6) is 4.69. The summed E-state index contributed by atoms with van der Waals surface area (Å²) < 4.78 is 9.91. The Morgan fingerprint density at radius 3 is 1.90 bits per heavy atom. The van der Waals surface area contributed by atoms with E-state index < -0.39 is 22.2 Å². The minimum Gasteiger partial charge on any atom is -0.270 e. The van der Waals surface area contributed by atoms with E-state index in [0.717, 1.165) is 0 Å². The van der Waals surface area contributed by atoms with Gasteiger partial charge in [-0.25, -0.2) is 0 Å². The molecular weight excluding hydrogens is 168 g/mol. The highest BCUT2D eigenvalue weighted by Crippen LogP contribution is 2.15. The second-order valence-electron chi connectivity index (χ2n) is 1.57. The number of hydrogen-bond donors (Lipinski definition) is 0. The van der Waals surface area contributed by atoms with E-state index in [2.05, 4.69) is 23.0 Å². The van der Waals surface area contributed by atoms with Crippen molar-refractivity contribution in [3.8, 4) is 24.7 Å². The van der Waals surface area contributed by atoms with Gasteiger partial charge in [0.05, 0.1) is 0 Å². The molecular formula is C6H4O2S2. The van der Waals surface area contributed by atoms with Gasteiger partial charge in [-0.05, 0) is 0 Å². The van der Waals surface area contributed by atoms with Crippen LogP contribution in [-0.4, -0.2) is 12.2 Å². The van der Waals surface area contributed by atoms with Crippen molar-refractivity contribution in [3.63, 3.8) is 0 Å². The van der Waals surface area contributed by atoms with Gasteiger partial charge in [-0.2, -0.15) is 0 Å². The van der Waals surface area contributed by atoms with E-state index in [1.54, 1.807) is 0 Å². The monoisotopic (exact) mass is 172 g/mol. The van der Waals surface area contributed by atoms with Crippen LogP contribution in [0.15, 0.2) is 0 Å². The van der Waals surface area contributed by atoms with Gasteiger partial charge in [0, 0.05) is 11.2 Å². The van der Waals surface area contributed by atoms with Gasteiger partial charge in [-0.15, -0.1) is 12.8 Å². The summed E-state index contributed by atoms with van der Waals surface area (Å²) in [4.78, 5) is 0. The molecule has 2 atom stereocenters. The molecule has 52 valence electrons. The Kier molecular flexibility index (Phi) is 2.42. The Labute approximate surface area is 66.9 Å². The fourth-order valence-corrected chi connectivity index (χ4v) is 1.73. The molecule has 0 N–H and O–H groups in total. The van der Waals surface area contributed by atoms with Gasteiger partial charge in [0.1, 0.15) is 0 Å². The molecule has 0 radical (unpaired) electrons. The first-order chi connectivity index (χ1) is 4.77. The Morgan fingerprint density at radius 2 is 1.60 bits per heavy atom. The molecule has 0 aromatic heterocycles. The van der Waals surface area contributed by atoms with Crippen molar-refractivity contribution >= 4 is 21.2 Å². The Balaban J connectivity index is 2.71. The van der Waals surface area contributed by atoms with Crippen LogP contribution in [0.4, 0.5) is 0 Å². The Hall–Kier alpha value is -0.390. The Morgan fingerprint density at radius 1 is 1.20 bits per heavy atom. The second kappa shape index (κ2) is 3.14. The van der Waals surface area contributed by atoms with Gasteiger partial charge in [0.2, 0.25) is 0 Å². The third-order valence-electron chi connectivity index (χ3n) is 0.968. The molecule has 1 heterocycles. The predicted molar refractivity (Wildman–Crippen MR) is 42.1 cm³/mol. The van der Waals surface area contributed by atoms with Crippen LogP contribution >= 0.6 is 0 Å². The van der Waals surface area contributed by atoms with Crippen molar-refractivity contribution in [1.82, 2.24) is 0 Å². The summed E-state index contributed by atoms with van der Waals surface area (Å²) in [7, 11) is -0.934. The van der Waals surface area contributed by atoms with Crippen molar-refractivity contribution in [2.75, 3.05) is 0 Å². The van der Waals surface area contributed by atoms with Crippen LogP contribution in [0.25, 0.3) is 0 Å². The lowest BCUT2D eigenvalue weighted by Gasteiger charge is -1.98. The van der Waals surface area contributed by atoms with E-state index in [1.807, 2.05) is 0 Å². The topological polar surface area (TPSA) is 18.5 Å². The predicted octanol–water partition coefficient (Wildman–Crippen LogP) is -0.0530. The van der Waals surface area contributed by atoms with Gasteiger partial charge < -0.3 is 0 Å². The van der Waals surface area contributed by atoms with E-state index in [0.29, 0.717) is 0 Å². The molecule has 0 bridgehead atoms. The van der Waals surface area contributed by atoms with Gasteiger partial charge in [0.15, 0.2) is 22.2 Å². The summed E-state index contributed by atoms with van der Waals surface area (Å²) in [6.45, 7) is 0. The third-order valence-corrected chi connectivity index (χ3v) is 2.17. The molecule has 1 aliphatic rings. The summed E-state index contributed by atoms with van der Waals surface area (Å²) in [5.41, 5.74) is 0.